The van der Waals surface area contributed by atoms with Crippen LogP contribution in [-0.2, 0) is 17.6 Å². The molecule has 1 fully saturated rings. The van der Waals surface area contributed by atoms with Crippen molar-refractivity contribution in [1.82, 2.24) is 4.90 Å². The summed E-state index contributed by atoms with van der Waals surface area (Å²) < 4.78 is 0. The van der Waals surface area contributed by atoms with Gasteiger partial charge in [0.2, 0.25) is 5.91 Å². The molecule has 0 aromatic heterocycles. The third-order valence-corrected chi connectivity index (χ3v) is 4.49. The van der Waals surface area contributed by atoms with Gasteiger partial charge in [0, 0.05) is 19.0 Å². The SMILES string of the molecule is O=C(C1CCc2ccccc2C1)N1CCC(Cl)C1. The van der Waals surface area contributed by atoms with Crippen LogP contribution in [0.5, 0.6) is 0 Å². The van der Waals surface area contributed by atoms with Crippen molar-refractivity contribution in [2.24, 2.45) is 5.92 Å². The Bertz CT molecular complexity index is 460. The molecule has 3 heteroatoms. The van der Waals surface area contributed by atoms with E-state index in [-0.39, 0.29) is 11.3 Å². The van der Waals surface area contributed by atoms with E-state index in [2.05, 4.69) is 24.3 Å². The molecule has 0 spiro atoms. The smallest absolute Gasteiger partial charge is 0.226 e. The minimum absolute atomic E-state index is 0.157. The minimum atomic E-state index is 0.157. The van der Waals surface area contributed by atoms with Crippen LogP contribution in [0, 0.1) is 5.92 Å². The van der Waals surface area contributed by atoms with Crippen LogP contribution in [0.15, 0.2) is 24.3 Å². The second-order valence-corrected chi connectivity index (χ2v) is 6.00. The normalized spacial score (nSPS) is 27.1. The molecule has 2 nitrogen and oxygen atoms in total. The Morgan fingerprint density at radius 2 is 2.00 bits per heavy atom. The summed E-state index contributed by atoms with van der Waals surface area (Å²) in [6, 6.07) is 8.49. The number of halogens is 1. The fourth-order valence-electron chi connectivity index (χ4n) is 3.08. The quantitative estimate of drug-likeness (QED) is 0.714. The van der Waals surface area contributed by atoms with Gasteiger partial charge in [-0.15, -0.1) is 11.6 Å². The summed E-state index contributed by atoms with van der Waals surface area (Å²) in [5, 5.41) is 0.157. The van der Waals surface area contributed by atoms with E-state index in [9.17, 15) is 4.79 Å². The summed E-state index contributed by atoms with van der Waals surface area (Å²) >= 11 is 6.08. The highest BCUT2D eigenvalue weighted by Gasteiger charge is 2.31. The van der Waals surface area contributed by atoms with Crippen LogP contribution >= 0.6 is 11.6 Å². The topological polar surface area (TPSA) is 20.3 Å². The second-order valence-electron chi connectivity index (χ2n) is 5.38. The molecule has 1 aliphatic carbocycles. The zero-order valence-electron chi connectivity index (χ0n) is 10.4. The van der Waals surface area contributed by atoms with E-state index in [1.807, 2.05) is 4.90 Å². The molecule has 1 heterocycles. The predicted molar refractivity (Wildman–Crippen MR) is 72.8 cm³/mol. The average Bonchev–Trinajstić information content (AvgIpc) is 2.84. The van der Waals surface area contributed by atoms with E-state index >= 15 is 0 Å². The molecule has 1 aromatic carbocycles. The Morgan fingerprint density at radius 1 is 1.22 bits per heavy atom. The van der Waals surface area contributed by atoms with Crippen LogP contribution in [0.25, 0.3) is 0 Å². The number of nitrogens with zero attached hydrogens (tertiary/aromatic N) is 1. The summed E-state index contributed by atoms with van der Waals surface area (Å²) in [4.78, 5) is 14.4. The van der Waals surface area contributed by atoms with E-state index in [0.717, 1.165) is 38.8 Å². The summed E-state index contributed by atoms with van der Waals surface area (Å²) in [5.41, 5.74) is 2.77. The van der Waals surface area contributed by atoms with Crippen molar-refractivity contribution in [3.63, 3.8) is 0 Å². The summed E-state index contributed by atoms with van der Waals surface area (Å²) in [7, 11) is 0. The van der Waals surface area contributed by atoms with Gasteiger partial charge in [-0.05, 0) is 36.8 Å². The van der Waals surface area contributed by atoms with Crippen molar-refractivity contribution in [1.29, 1.82) is 0 Å². The third-order valence-electron chi connectivity index (χ3n) is 4.14. The Labute approximate surface area is 113 Å². The lowest BCUT2D eigenvalue weighted by Gasteiger charge is -2.27. The molecule has 1 amide bonds. The van der Waals surface area contributed by atoms with E-state index in [1.54, 1.807) is 0 Å². The Kier molecular flexibility index (Phi) is 3.29. The monoisotopic (exact) mass is 263 g/mol. The van der Waals surface area contributed by atoms with Gasteiger partial charge in [0.25, 0.3) is 0 Å². The lowest BCUT2D eigenvalue weighted by molar-refractivity contribution is -0.134. The number of carbonyl (C=O) groups is 1. The van der Waals surface area contributed by atoms with Gasteiger partial charge in [-0.1, -0.05) is 24.3 Å². The highest BCUT2D eigenvalue weighted by Crippen LogP contribution is 2.28. The Morgan fingerprint density at radius 3 is 2.72 bits per heavy atom. The van der Waals surface area contributed by atoms with Gasteiger partial charge in [0.1, 0.15) is 0 Å². The van der Waals surface area contributed by atoms with E-state index in [0.29, 0.717) is 5.91 Å². The van der Waals surface area contributed by atoms with E-state index in [1.165, 1.54) is 11.1 Å². The van der Waals surface area contributed by atoms with Crippen LogP contribution < -0.4 is 0 Å². The lowest BCUT2D eigenvalue weighted by atomic mass is 9.83. The number of benzene rings is 1. The van der Waals surface area contributed by atoms with E-state index < -0.39 is 0 Å². The molecule has 0 saturated carbocycles. The molecule has 2 aliphatic rings. The van der Waals surface area contributed by atoms with Crippen LogP contribution in [0.2, 0.25) is 0 Å². The first-order valence-electron chi connectivity index (χ1n) is 6.73. The van der Waals surface area contributed by atoms with Crippen molar-refractivity contribution in [2.75, 3.05) is 13.1 Å². The number of carbonyl (C=O) groups excluding carboxylic acids is 1. The highest BCUT2D eigenvalue weighted by atomic mass is 35.5. The molecule has 0 bridgehead atoms. The van der Waals surface area contributed by atoms with Crippen LogP contribution in [-0.4, -0.2) is 29.3 Å². The van der Waals surface area contributed by atoms with Crippen molar-refractivity contribution in [3.05, 3.63) is 35.4 Å². The number of aryl methyl sites for hydroxylation is 1. The molecule has 0 N–H and O–H groups in total. The van der Waals surface area contributed by atoms with Crippen molar-refractivity contribution < 1.29 is 4.79 Å². The number of hydrogen-bond acceptors (Lipinski definition) is 1. The first kappa shape index (κ1) is 12.0. The van der Waals surface area contributed by atoms with Gasteiger partial charge < -0.3 is 4.90 Å². The van der Waals surface area contributed by atoms with Gasteiger partial charge in [-0.2, -0.15) is 0 Å². The molecule has 1 saturated heterocycles. The maximum absolute atomic E-state index is 12.4. The zero-order valence-corrected chi connectivity index (χ0v) is 11.2. The van der Waals surface area contributed by atoms with Crippen LogP contribution in [0.4, 0.5) is 0 Å². The van der Waals surface area contributed by atoms with Gasteiger partial charge in [-0.3, -0.25) is 4.79 Å². The molecular formula is C15H18ClNO. The summed E-state index contributed by atoms with van der Waals surface area (Å²) in [6.45, 7) is 1.57. The van der Waals surface area contributed by atoms with Crippen LogP contribution in [0.1, 0.15) is 24.0 Å². The summed E-state index contributed by atoms with van der Waals surface area (Å²) in [5.74, 6) is 0.481. The van der Waals surface area contributed by atoms with Gasteiger partial charge in [-0.25, -0.2) is 0 Å². The molecule has 3 rings (SSSR count). The number of hydrogen-bond donors (Lipinski definition) is 0. The number of fused-ring (bicyclic) bond motifs is 1. The number of amides is 1. The van der Waals surface area contributed by atoms with Gasteiger partial charge in [0.05, 0.1) is 5.38 Å². The first-order chi connectivity index (χ1) is 8.74. The molecule has 18 heavy (non-hydrogen) atoms. The van der Waals surface area contributed by atoms with Crippen molar-refractivity contribution in [3.8, 4) is 0 Å². The Balaban J connectivity index is 1.70. The molecule has 2 unspecified atom stereocenters. The predicted octanol–water partition coefficient (Wildman–Crippen LogP) is 2.63. The fourth-order valence-corrected chi connectivity index (χ4v) is 3.35. The van der Waals surface area contributed by atoms with Crippen molar-refractivity contribution >= 4 is 17.5 Å². The molecule has 2 atom stereocenters. The second kappa shape index (κ2) is 4.93. The number of rotatable bonds is 1. The number of likely N-dealkylation sites (tertiary alicyclic amines) is 1. The molecule has 1 aliphatic heterocycles. The third kappa shape index (κ3) is 2.26. The molecule has 0 radical (unpaired) electrons. The number of alkyl halides is 1. The van der Waals surface area contributed by atoms with Gasteiger partial charge in [0.15, 0.2) is 0 Å². The van der Waals surface area contributed by atoms with Crippen molar-refractivity contribution in [2.45, 2.75) is 31.1 Å². The fraction of sp³-hybridized carbons (Fsp3) is 0.533. The maximum atomic E-state index is 12.4. The standard InChI is InChI=1S/C15H18ClNO/c16-14-7-8-17(10-14)15(18)13-6-5-11-3-1-2-4-12(11)9-13/h1-4,13-14H,5-10H2. The zero-order chi connectivity index (χ0) is 12.5. The Hall–Kier alpha value is -1.02. The van der Waals surface area contributed by atoms with Crippen LogP contribution in [0.3, 0.4) is 0 Å². The molecular weight excluding hydrogens is 246 g/mol. The molecule has 1 aromatic rings. The maximum Gasteiger partial charge on any atom is 0.226 e. The largest absolute Gasteiger partial charge is 0.341 e. The molecule has 96 valence electrons. The van der Waals surface area contributed by atoms with Gasteiger partial charge >= 0.3 is 0 Å². The average molecular weight is 264 g/mol. The van der Waals surface area contributed by atoms with E-state index in [4.69, 9.17) is 11.6 Å². The minimum Gasteiger partial charge on any atom is -0.341 e. The first-order valence-corrected chi connectivity index (χ1v) is 7.17. The lowest BCUT2D eigenvalue weighted by Crippen LogP contribution is -2.37. The highest BCUT2D eigenvalue weighted by molar-refractivity contribution is 6.21. The summed E-state index contributed by atoms with van der Waals surface area (Å²) in [6.07, 6.45) is 3.86.